The Morgan fingerprint density at radius 1 is 1.11 bits per heavy atom. The van der Waals surface area contributed by atoms with Gasteiger partial charge in [0.1, 0.15) is 0 Å². The van der Waals surface area contributed by atoms with Crippen molar-refractivity contribution in [1.82, 2.24) is 9.78 Å². The van der Waals surface area contributed by atoms with E-state index in [-0.39, 0.29) is 11.8 Å². The summed E-state index contributed by atoms with van der Waals surface area (Å²) in [6.07, 6.45) is 9.04. The molecule has 1 fully saturated rings. The van der Waals surface area contributed by atoms with Crippen molar-refractivity contribution in [3.8, 4) is 11.3 Å². The van der Waals surface area contributed by atoms with Gasteiger partial charge in [-0.05, 0) is 49.4 Å². The smallest absolute Gasteiger partial charge is 0.251 e. The first-order valence-electron chi connectivity index (χ1n) is 10.9. The van der Waals surface area contributed by atoms with Crippen molar-refractivity contribution in [2.24, 2.45) is 23.7 Å². The molecule has 2 bridgehead atoms. The Bertz CT molecular complexity index is 924. The molecule has 28 heavy (non-hydrogen) atoms. The van der Waals surface area contributed by atoms with Gasteiger partial charge in [-0.15, -0.1) is 0 Å². The fraction of sp³-hybridized carbons (Fsp3) is 0.520. The Labute approximate surface area is 167 Å². The van der Waals surface area contributed by atoms with Crippen LogP contribution in [0.3, 0.4) is 0 Å². The first kappa shape index (κ1) is 17.9. The molecule has 0 aliphatic heterocycles. The average molecular weight is 375 g/mol. The zero-order valence-electron chi connectivity index (χ0n) is 17.1. The number of aromatic nitrogens is 2. The Balaban J connectivity index is 1.67. The number of hydrogen-bond donors (Lipinski definition) is 0. The van der Waals surface area contributed by atoms with Gasteiger partial charge in [-0.25, -0.2) is 0 Å². The molecule has 3 nitrogen and oxygen atoms in total. The molecule has 0 amide bonds. The predicted molar refractivity (Wildman–Crippen MR) is 112 cm³/mol. The number of hydrogen-bond acceptors (Lipinski definition) is 2. The third kappa shape index (κ3) is 2.70. The van der Waals surface area contributed by atoms with Crippen molar-refractivity contribution < 1.29 is 4.79 Å². The Kier molecular flexibility index (Phi) is 4.30. The van der Waals surface area contributed by atoms with Crippen LogP contribution in [-0.4, -0.2) is 15.7 Å². The molecular weight excluding hydrogens is 344 g/mol. The fourth-order valence-corrected chi connectivity index (χ4v) is 5.82. The molecule has 1 heterocycles. The Morgan fingerprint density at radius 3 is 2.54 bits per heavy atom. The molecular formula is C25H30N2O. The third-order valence-corrected chi connectivity index (χ3v) is 7.36. The summed E-state index contributed by atoms with van der Waals surface area (Å²) < 4.78 is 1.82. The number of rotatable bonds is 3. The molecule has 0 spiro atoms. The van der Waals surface area contributed by atoms with Gasteiger partial charge in [0.25, 0.3) is 5.91 Å². The zero-order chi connectivity index (χ0) is 19.4. The van der Waals surface area contributed by atoms with E-state index in [0.29, 0.717) is 29.6 Å². The second kappa shape index (κ2) is 6.72. The van der Waals surface area contributed by atoms with Crippen LogP contribution in [0.1, 0.15) is 74.3 Å². The molecule has 3 aliphatic rings. The van der Waals surface area contributed by atoms with E-state index in [1.807, 2.05) is 10.7 Å². The average Bonchev–Trinajstić information content (AvgIpc) is 3.42. The lowest BCUT2D eigenvalue weighted by Crippen LogP contribution is -2.27. The SMILES string of the molecule is CC(C)[C@@H]1CC[C@@H](C)c2c1nn(C(=O)[C@H]1C[C@H]3C=C[C@H]1C3)c2-c1ccccc1. The Morgan fingerprint density at radius 2 is 1.89 bits per heavy atom. The van der Waals surface area contributed by atoms with E-state index in [1.54, 1.807) is 0 Å². The highest BCUT2D eigenvalue weighted by molar-refractivity contribution is 5.87. The second-order valence-corrected chi connectivity index (χ2v) is 9.48. The van der Waals surface area contributed by atoms with Crippen LogP contribution in [0.25, 0.3) is 11.3 Å². The van der Waals surface area contributed by atoms with Gasteiger partial charge in [-0.3, -0.25) is 4.79 Å². The maximum absolute atomic E-state index is 13.7. The van der Waals surface area contributed by atoms with Gasteiger partial charge in [0.2, 0.25) is 0 Å². The van der Waals surface area contributed by atoms with Gasteiger partial charge >= 0.3 is 0 Å². The van der Waals surface area contributed by atoms with Gasteiger partial charge in [0, 0.05) is 23.0 Å². The highest BCUT2D eigenvalue weighted by Gasteiger charge is 2.43. The molecule has 2 aromatic rings. The molecule has 1 saturated carbocycles. The lowest BCUT2D eigenvalue weighted by Gasteiger charge is -2.28. The van der Waals surface area contributed by atoms with Crippen molar-refractivity contribution in [2.45, 2.75) is 58.3 Å². The van der Waals surface area contributed by atoms with Crippen molar-refractivity contribution in [3.05, 3.63) is 53.7 Å². The van der Waals surface area contributed by atoms with Crippen LogP contribution in [0.5, 0.6) is 0 Å². The summed E-state index contributed by atoms with van der Waals surface area (Å²) >= 11 is 0. The number of benzene rings is 1. The van der Waals surface area contributed by atoms with Gasteiger partial charge in [-0.2, -0.15) is 9.78 Å². The fourth-order valence-electron chi connectivity index (χ4n) is 5.82. The monoisotopic (exact) mass is 374 g/mol. The molecule has 1 aromatic heterocycles. The van der Waals surface area contributed by atoms with Gasteiger partial charge in [0.15, 0.2) is 0 Å². The summed E-state index contributed by atoms with van der Waals surface area (Å²) in [7, 11) is 0. The summed E-state index contributed by atoms with van der Waals surface area (Å²) in [6, 6.07) is 10.4. The first-order chi connectivity index (χ1) is 13.5. The minimum atomic E-state index is 0.0895. The zero-order valence-corrected chi connectivity index (χ0v) is 17.1. The van der Waals surface area contributed by atoms with E-state index in [4.69, 9.17) is 5.10 Å². The molecule has 0 radical (unpaired) electrons. The van der Waals surface area contributed by atoms with E-state index in [9.17, 15) is 4.79 Å². The van der Waals surface area contributed by atoms with Crippen molar-refractivity contribution in [1.29, 1.82) is 0 Å². The number of carbonyl (C=O) groups is 1. The first-order valence-corrected chi connectivity index (χ1v) is 10.9. The maximum Gasteiger partial charge on any atom is 0.251 e. The maximum atomic E-state index is 13.7. The van der Waals surface area contributed by atoms with Crippen molar-refractivity contribution >= 4 is 5.91 Å². The minimum Gasteiger partial charge on any atom is -0.272 e. The molecule has 3 heteroatoms. The standard InChI is InChI=1S/C25H30N2O/c1-15(2)20-12-9-16(3)22-23(20)26-27(24(22)18-7-5-4-6-8-18)25(28)21-14-17-10-11-19(21)13-17/h4-8,10-11,15-17,19-21H,9,12-14H2,1-3H3/t16-,17+,19+,20+,21+/m1/s1. The summed E-state index contributed by atoms with van der Waals surface area (Å²) in [5, 5.41) is 5.05. The highest BCUT2D eigenvalue weighted by atomic mass is 16.2. The van der Waals surface area contributed by atoms with Crippen molar-refractivity contribution in [2.75, 3.05) is 0 Å². The van der Waals surface area contributed by atoms with E-state index in [2.05, 4.69) is 57.2 Å². The van der Waals surface area contributed by atoms with Crippen molar-refractivity contribution in [3.63, 3.8) is 0 Å². The van der Waals surface area contributed by atoms with Crippen LogP contribution in [0.15, 0.2) is 42.5 Å². The van der Waals surface area contributed by atoms with Crippen LogP contribution in [0, 0.1) is 23.7 Å². The normalized spacial score (nSPS) is 30.8. The lowest BCUT2D eigenvalue weighted by molar-refractivity contribution is 0.0798. The predicted octanol–water partition coefficient (Wildman–Crippen LogP) is 6.04. The van der Waals surface area contributed by atoms with Gasteiger partial charge in [0.05, 0.1) is 11.4 Å². The molecule has 0 saturated heterocycles. The third-order valence-electron chi connectivity index (χ3n) is 7.36. The van der Waals surface area contributed by atoms with E-state index < -0.39 is 0 Å². The summed E-state index contributed by atoms with van der Waals surface area (Å²) in [6.45, 7) is 6.88. The number of allylic oxidation sites excluding steroid dienone is 2. The van der Waals surface area contributed by atoms with E-state index in [1.165, 1.54) is 24.1 Å². The molecule has 5 rings (SSSR count). The molecule has 1 aromatic carbocycles. The Hall–Kier alpha value is -2.16. The topological polar surface area (TPSA) is 34.9 Å². The molecule has 3 aliphatic carbocycles. The summed E-state index contributed by atoms with van der Waals surface area (Å²) in [4.78, 5) is 13.7. The van der Waals surface area contributed by atoms with E-state index in [0.717, 1.165) is 24.1 Å². The summed E-state index contributed by atoms with van der Waals surface area (Å²) in [5.74, 6) is 2.72. The second-order valence-electron chi connectivity index (χ2n) is 9.48. The quantitative estimate of drug-likeness (QED) is 0.614. The molecule has 0 N–H and O–H groups in total. The molecule has 5 atom stereocenters. The van der Waals surface area contributed by atoms with Crippen LogP contribution < -0.4 is 0 Å². The summed E-state index contributed by atoms with van der Waals surface area (Å²) in [5.41, 5.74) is 4.69. The lowest BCUT2D eigenvalue weighted by atomic mass is 9.75. The van der Waals surface area contributed by atoms with Crippen LogP contribution in [-0.2, 0) is 0 Å². The molecule has 146 valence electrons. The van der Waals surface area contributed by atoms with E-state index >= 15 is 0 Å². The number of carbonyl (C=O) groups excluding carboxylic acids is 1. The van der Waals surface area contributed by atoms with Crippen LogP contribution in [0.2, 0.25) is 0 Å². The minimum absolute atomic E-state index is 0.0895. The van der Waals surface area contributed by atoms with Gasteiger partial charge in [-0.1, -0.05) is 63.3 Å². The highest BCUT2D eigenvalue weighted by Crippen LogP contribution is 2.48. The van der Waals surface area contributed by atoms with Gasteiger partial charge < -0.3 is 0 Å². The van der Waals surface area contributed by atoms with Crippen LogP contribution >= 0.6 is 0 Å². The molecule has 0 unspecified atom stereocenters. The number of nitrogens with zero attached hydrogens (tertiary/aromatic N) is 2. The largest absolute Gasteiger partial charge is 0.272 e. The van der Waals surface area contributed by atoms with Crippen LogP contribution in [0.4, 0.5) is 0 Å². The number of fused-ring (bicyclic) bond motifs is 3.